The monoisotopic (exact) mass is 294 g/mol. The van der Waals surface area contributed by atoms with Crippen molar-refractivity contribution < 1.29 is 14.2 Å². The topological polar surface area (TPSA) is 27.7 Å². The third-order valence-electron chi connectivity index (χ3n) is 3.58. The van der Waals surface area contributed by atoms with Crippen LogP contribution in [0.1, 0.15) is 5.56 Å². The lowest BCUT2D eigenvalue weighted by Crippen LogP contribution is -1.98. The van der Waals surface area contributed by atoms with E-state index in [4.69, 9.17) is 14.2 Å². The Labute approximate surface area is 130 Å². The van der Waals surface area contributed by atoms with Gasteiger partial charge < -0.3 is 14.2 Å². The number of benzene rings is 3. The van der Waals surface area contributed by atoms with Gasteiger partial charge in [-0.05, 0) is 35.2 Å². The van der Waals surface area contributed by atoms with Gasteiger partial charge in [0, 0.05) is 5.39 Å². The number of hydrogen-bond donors (Lipinski definition) is 0. The van der Waals surface area contributed by atoms with Crippen molar-refractivity contribution in [2.24, 2.45) is 0 Å². The van der Waals surface area contributed by atoms with Crippen molar-refractivity contribution in [3.8, 4) is 17.2 Å². The Kier molecular flexibility index (Phi) is 4.15. The van der Waals surface area contributed by atoms with Gasteiger partial charge in [0.05, 0.1) is 14.2 Å². The predicted molar refractivity (Wildman–Crippen MR) is 87.8 cm³/mol. The lowest BCUT2D eigenvalue weighted by atomic mass is 10.1. The van der Waals surface area contributed by atoms with Crippen molar-refractivity contribution in [1.82, 2.24) is 0 Å². The third kappa shape index (κ3) is 2.84. The molecule has 0 amide bonds. The summed E-state index contributed by atoms with van der Waals surface area (Å²) in [5, 5.41) is 2.07. The first-order valence-corrected chi connectivity index (χ1v) is 7.13. The summed E-state index contributed by atoms with van der Waals surface area (Å²) in [7, 11) is 3.32. The van der Waals surface area contributed by atoms with E-state index in [9.17, 15) is 0 Å². The SMILES string of the molecule is COc1ccc2c(OC)c(OCc3ccccc3)ccc2c1. The van der Waals surface area contributed by atoms with Gasteiger partial charge in [-0.15, -0.1) is 0 Å². The van der Waals surface area contributed by atoms with E-state index in [1.807, 2.05) is 60.7 Å². The molecule has 112 valence electrons. The molecular weight excluding hydrogens is 276 g/mol. The smallest absolute Gasteiger partial charge is 0.168 e. The summed E-state index contributed by atoms with van der Waals surface area (Å²) in [6.45, 7) is 0.513. The zero-order valence-corrected chi connectivity index (χ0v) is 12.7. The second-order valence-electron chi connectivity index (χ2n) is 4.96. The van der Waals surface area contributed by atoms with E-state index in [2.05, 4.69) is 0 Å². The first-order chi connectivity index (χ1) is 10.8. The van der Waals surface area contributed by atoms with Crippen LogP contribution >= 0.6 is 0 Å². The maximum atomic E-state index is 5.92. The minimum Gasteiger partial charge on any atom is -0.497 e. The summed E-state index contributed by atoms with van der Waals surface area (Å²) in [5.74, 6) is 2.31. The Hall–Kier alpha value is -2.68. The van der Waals surface area contributed by atoms with Crippen molar-refractivity contribution in [1.29, 1.82) is 0 Å². The Bertz CT molecular complexity index is 766. The summed E-state index contributed by atoms with van der Waals surface area (Å²) >= 11 is 0. The molecule has 3 rings (SSSR count). The highest BCUT2D eigenvalue weighted by Crippen LogP contribution is 2.37. The molecule has 0 aliphatic carbocycles. The lowest BCUT2D eigenvalue weighted by Gasteiger charge is -2.13. The van der Waals surface area contributed by atoms with Crippen molar-refractivity contribution in [2.75, 3.05) is 14.2 Å². The van der Waals surface area contributed by atoms with Gasteiger partial charge in [0.25, 0.3) is 0 Å². The summed E-state index contributed by atoms with van der Waals surface area (Å²) in [6.07, 6.45) is 0. The molecule has 3 heteroatoms. The summed E-state index contributed by atoms with van der Waals surface area (Å²) in [6, 6.07) is 19.9. The van der Waals surface area contributed by atoms with Crippen LogP contribution in [0.15, 0.2) is 60.7 Å². The molecule has 0 saturated carbocycles. The van der Waals surface area contributed by atoms with E-state index in [0.29, 0.717) is 6.61 Å². The highest BCUT2D eigenvalue weighted by molar-refractivity contribution is 5.91. The van der Waals surface area contributed by atoms with E-state index in [1.54, 1.807) is 14.2 Å². The summed E-state index contributed by atoms with van der Waals surface area (Å²) in [4.78, 5) is 0. The fourth-order valence-corrected chi connectivity index (χ4v) is 2.45. The van der Waals surface area contributed by atoms with Crippen molar-refractivity contribution in [3.63, 3.8) is 0 Å². The molecule has 0 atom stereocenters. The number of hydrogen-bond acceptors (Lipinski definition) is 3. The van der Waals surface area contributed by atoms with Gasteiger partial charge in [0.1, 0.15) is 12.4 Å². The second-order valence-corrected chi connectivity index (χ2v) is 4.96. The molecule has 0 fully saturated rings. The third-order valence-corrected chi connectivity index (χ3v) is 3.58. The minimum atomic E-state index is 0.513. The average Bonchev–Trinajstić information content (AvgIpc) is 2.59. The molecule has 0 aliphatic rings. The van der Waals surface area contributed by atoms with E-state index in [1.165, 1.54) is 0 Å². The van der Waals surface area contributed by atoms with Crippen LogP contribution in [-0.2, 0) is 6.61 Å². The highest BCUT2D eigenvalue weighted by Gasteiger charge is 2.10. The zero-order chi connectivity index (χ0) is 15.4. The second kappa shape index (κ2) is 6.39. The summed E-state index contributed by atoms with van der Waals surface area (Å²) < 4.78 is 16.7. The molecule has 0 radical (unpaired) electrons. The van der Waals surface area contributed by atoms with Gasteiger partial charge in [-0.1, -0.05) is 36.4 Å². The number of rotatable bonds is 5. The van der Waals surface area contributed by atoms with Gasteiger partial charge >= 0.3 is 0 Å². The van der Waals surface area contributed by atoms with Crippen LogP contribution in [-0.4, -0.2) is 14.2 Å². The fourth-order valence-electron chi connectivity index (χ4n) is 2.45. The normalized spacial score (nSPS) is 10.5. The average molecular weight is 294 g/mol. The van der Waals surface area contributed by atoms with Crippen LogP contribution in [0.5, 0.6) is 17.2 Å². The first-order valence-electron chi connectivity index (χ1n) is 7.13. The van der Waals surface area contributed by atoms with Crippen molar-refractivity contribution >= 4 is 10.8 Å². The number of fused-ring (bicyclic) bond motifs is 1. The van der Waals surface area contributed by atoms with Crippen molar-refractivity contribution in [2.45, 2.75) is 6.61 Å². The Morgan fingerprint density at radius 1 is 0.818 bits per heavy atom. The van der Waals surface area contributed by atoms with Gasteiger partial charge in [0.2, 0.25) is 0 Å². The Morgan fingerprint density at radius 2 is 1.64 bits per heavy atom. The molecule has 0 spiro atoms. The Balaban J connectivity index is 1.92. The first kappa shape index (κ1) is 14.3. The van der Waals surface area contributed by atoms with E-state index in [0.717, 1.165) is 33.6 Å². The Morgan fingerprint density at radius 3 is 2.36 bits per heavy atom. The molecule has 3 aromatic rings. The maximum Gasteiger partial charge on any atom is 0.168 e. The minimum absolute atomic E-state index is 0.513. The van der Waals surface area contributed by atoms with Crippen LogP contribution in [0.2, 0.25) is 0 Å². The van der Waals surface area contributed by atoms with E-state index >= 15 is 0 Å². The van der Waals surface area contributed by atoms with Gasteiger partial charge in [-0.2, -0.15) is 0 Å². The number of methoxy groups -OCH3 is 2. The number of ether oxygens (including phenoxy) is 3. The molecule has 0 bridgehead atoms. The van der Waals surface area contributed by atoms with Crippen LogP contribution in [0.25, 0.3) is 10.8 Å². The standard InChI is InChI=1S/C19H18O3/c1-20-16-9-10-17-15(12-16)8-11-18(19(17)21-2)22-13-14-6-4-3-5-7-14/h3-12H,13H2,1-2H3. The molecule has 0 saturated heterocycles. The molecule has 22 heavy (non-hydrogen) atoms. The van der Waals surface area contributed by atoms with Crippen LogP contribution < -0.4 is 14.2 Å². The zero-order valence-electron chi connectivity index (χ0n) is 12.7. The molecule has 0 aromatic heterocycles. The largest absolute Gasteiger partial charge is 0.497 e. The molecule has 0 unspecified atom stereocenters. The highest BCUT2D eigenvalue weighted by atomic mass is 16.5. The lowest BCUT2D eigenvalue weighted by molar-refractivity contribution is 0.286. The molecule has 3 nitrogen and oxygen atoms in total. The molecule has 0 aliphatic heterocycles. The molecular formula is C19H18O3. The molecule has 0 N–H and O–H groups in total. The van der Waals surface area contributed by atoms with Gasteiger partial charge in [0.15, 0.2) is 11.5 Å². The molecule has 3 aromatic carbocycles. The fraction of sp³-hybridized carbons (Fsp3) is 0.158. The van der Waals surface area contributed by atoms with Crippen LogP contribution in [0.3, 0.4) is 0 Å². The van der Waals surface area contributed by atoms with Gasteiger partial charge in [-0.3, -0.25) is 0 Å². The van der Waals surface area contributed by atoms with Crippen LogP contribution in [0.4, 0.5) is 0 Å². The van der Waals surface area contributed by atoms with Gasteiger partial charge in [-0.25, -0.2) is 0 Å². The van der Waals surface area contributed by atoms with Crippen molar-refractivity contribution in [3.05, 3.63) is 66.2 Å². The maximum absolute atomic E-state index is 5.92. The predicted octanol–water partition coefficient (Wildman–Crippen LogP) is 4.44. The quantitative estimate of drug-likeness (QED) is 0.696. The van der Waals surface area contributed by atoms with E-state index in [-0.39, 0.29) is 0 Å². The molecule has 0 heterocycles. The van der Waals surface area contributed by atoms with E-state index < -0.39 is 0 Å². The summed E-state index contributed by atoms with van der Waals surface area (Å²) in [5.41, 5.74) is 1.12. The van der Waals surface area contributed by atoms with Crippen LogP contribution in [0, 0.1) is 0 Å².